The largest absolute Gasteiger partial charge is 0.508 e. The smallest absolute Gasteiger partial charge is 0.275 e. The standard InChI is InChI=1S/C15H13N3O3S/c16-9-5-10(19)7-11(6-9)22-8-14-17-18-15(20)12-3-1-2-4-13(12)21-14/h1-7,19H,8,16H2,(H,18,20). The maximum atomic E-state index is 11.9. The molecule has 0 spiro atoms. The van der Waals surface area contributed by atoms with Crippen LogP contribution < -0.4 is 15.9 Å². The lowest BCUT2D eigenvalue weighted by Crippen LogP contribution is -2.18. The molecule has 6 nitrogen and oxygen atoms in total. The zero-order valence-corrected chi connectivity index (χ0v) is 12.3. The van der Waals surface area contributed by atoms with Gasteiger partial charge in [-0.25, -0.2) is 5.43 Å². The number of thioether (sulfide) groups is 1. The summed E-state index contributed by atoms with van der Waals surface area (Å²) in [5.74, 6) is 1.01. The number of hydrogen-bond donors (Lipinski definition) is 3. The fraction of sp³-hybridized carbons (Fsp3) is 0.0667. The van der Waals surface area contributed by atoms with E-state index in [0.29, 0.717) is 28.7 Å². The number of aromatic hydroxyl groups is 1. The number of rotatable bonds is 3. The lowest BCUT2D eigenvalue weighted by atomic mass is 10.2. The van der Waals surface area contributed by atoms with Crippen LogP contribution in [0.15, 0.2) is 52.5 Å². The molecule has 0 unspecified atom stereocenters. The van der Waals surface area contributed by atoms with Gasteiger partial charge >= 0.3 is 0 Å². The van der Waals surface area contributed by atoms with Crippen molar-refractivity contribution >= 4 is 29.3 Å². The summed E-state index contributed by atoms with van der Waals surface area (Å²) in [6.07, 6.45) is 0. The van der Waals surface area contributed by atoms with Crippen molar-refractivity contribution in [2.75, 3.05) is 11.5 Å². The van der Waals surface area contributed by atoms with Crippen molar-refractivity contribution in [2.24, 2.45) is 5.10 Å². The van der Waals surface area contributed by atoms with Crippen molar-refractivity contribution in [3.63, 3.8) is 0 Å². The average molecular weight is 315 g/mol. The highest BCUT2D eigenvalue weighted by Crippen LogP contribution is 2.27. The number of ether oxygens (including phenoxy) is 1. The van der Waals surface area contributed by atoms with E-state index in [0.717, 1.165) is 4.90 Å². The van der Waals surface area contributed by atoms with Gasteiger partial charge in [0.05, 0.1) is 11.3 Å². The van der Waals surface area contributed by atoms with Gasteiger partial charge in [-0.05, 0) is 24.3 Å². The number of anilines is 1. The Morgan fingerprint density at radius 3 is 2.91 bits per heavy atom. The van der Waals surface area contributed by atoms with Crippen molar-refractivity contribution in [3.05, 3.63) is 48.0 Å². The molecule has 2 aromatic rings. The maximum absolute atomic E-state index is 11.9. The molecule has 1 aliphatic heterocycles. The Morgan fingerprint density at radius 1 is 1.27 bits per heavy atom. The van der Waals surface area contributed by atoms with Crippen LogP contribution in [0.3, 0.4) is 0 Å². The third-order valence-corrected chi connectivity index (χ3v) is 3.88. The van der Waals surface area contributed by atoms with Crippen LogP contribution in [0.1, 0.15) is 10.4 Å². The predicted octanol–water partition coefficient (Wildman–Crippen LogP) is 2.20. The first-order chi connectivity index (χ1) is 10.6. The number of nitrogens with one attached hydrogen (secondary N) is 1. The van der Waals surface area contributed by atoms with Gasteiger partial charge in [0.1, 0.15) is 11.5 Å². The maximum Gasteiger partial charge on any atom is 0.275 e. The number of para-hydroxylation sites is 1. The number of carbonyl (C=O) groups is 1. The summed E-state index contributed by atoms with van der Waals surface area (Å²) in [5.41, 5.74) is 9.04. The van der Waals surface area contributed by atoms with Crippen LogP contribution in [-0.2, 0) is 0 Å². The number of benzene rings is 2. The lowest BCUT2D eigenvalue weighted by molar-refractivity contribution is 0.0955. The number of amides is 1. The Balaban J connectivity index is 1.75. The SMILES string of the molecule is Nc1cc(O)cc(SCC2=NNC(=O)c3ccccc3O2)c1. The van der Waals surface area contributed by atoms with Gasteiger partial charge < -0.3 is 15.6 Å². The van der Waals surface area contributed by atoms with E-state index < -0.39 is 0 Å². The fourth-order valence-corrected chi connectivity index (χ4v) is 2.80. The summed E-state index contributed by atoms with van der Waals surface area (Å²) in [4.78, 5) is 12.6. The lowest BCUT2D eigenvalue weighted by Gasteiger charge is -2.08. The van der Waals surface area contributed by atoms with Crippen molar-refractivity contribution in [3.8, 4) is 11.5 Å². The highest BCUT2D eigenvalue weighted by Gasteiger charge is 2.18. The molecule has 0 aromatic heterocycles. The fourth-order valence-electron chi connectivity index (χ4n) is 1.96. The Bertz CT molecular complexity index is 741. The molecule has 112 valence electrons. The number of phenols is 1. The van der Waals surface area contributed by atoms with Crippen LogP contribution in [0, 0.1) is 0 Å². The second kappa shape index (κ2) is 5.98. The van der Waals surface area contributed by atoms with Crippen LogP contribution in [0.25, 0.3) is 0 Å². The van der Waals surface area contributed by atoms with Crippen molar-refractivity contribution in [1.29, 1.82) is 0 Å². The molecule has 1 heterocycles. The Morgan fingerprint density at radius 2 is 2.09 bits per heavy atom. The normalized spacial score (nSPS) is 13.5. The van der Waals surface area contributed by atoms with E-state index in [1.807, 2.05) is 0 Å². The molecule has 22 heavy (non-hydrogen) atoms. The molecule has 7 heteroatoms. The van der Waals surface area contributed by atoms with E-state index in [4.69, 9.17) is 10.5 Å². The minimum atomic E-state index is -0.308. The first kappa shape index (κ1) is 14.3. The average Bonchev–Trinajstić information content (AvgIpc) is 2.64. The van der Waals surface area contributed by atoms with E-state index in [2.05, 4.69) is 10.5 Å². The highest BCUT2D eigenvalue weighted by molar-refractivity contribution is 8.00. The molecule has 0 bridgehead atoms. The zero-order chi connectivity index (χ0) is 15.5. The molecular weight excluding hydrogens is 302 g/mol. The van der Waals surface area contributed by atoms with Crippen molar-refractivity contribution in [1.82, 2.24) is 5.43 Å². The number of hydrogen-bond acceptors (Lipinski definition) is 6. The number of phenolic OH excluding ortho intramolecular Hbond substituents is 1. The van der Waals surface area contributed by atoms with Gasteiger partial charge in [0.2, 0.25) is 5.90 Å². The summed E-state index contributed by atoms with van der Waals surface area (Å²) in [6.45, 7) is 0. The molecule has 0 atom stereocenters. The molecule has 0 aliphatic carbocycles. The number of carbonyl (C=O) groups excluding carboxylic acids is 1. The molecular formula is C15H13N3O3S. The van der Waals surface area contributed by atoms with Crippen LogP contribution in [0.5, 0.6) is 11.5 Å². The molecule has 2 aromatic carbocycles. The zero-order valence-electron chi connectivity index (χ0n) is 11.4. The van der Waals surface area contributed by atoms with Gasteiger partial charge in [0, 0.05) is 16.6 Å². The molecule has 3 rings (SSSR count). The number of fused-ring (bicyclic) bond motifs is 1. The number of hydrazone groups is 1. The quantitative estimate of drug-likeness (QED) is 0.596. The van der Waals surface area contributed by atoms with Gasteiger partial charge in [-0.15, -0.1) is 16.9 Å². The summed E-state index contributed by atoms with van der Waals surface area (Å²) < 4.78 is 5.66. The summed E-state index contributed by atoms with van der Waals surface area (Å²) in [5, 5.41) is 13.5. The third-order valence-electron chi connectivity index (χ3n) is 2.92. The number of nitrogen functional groups attached to an aromatic ring is 1. The molecule has 0 radical (unpaired) electrons. The van der Waals surface area contributed by atoms with E-state index >= 15 is 0 Å². The molecule has 0 saturated heterocycles. The van der Waals surface area contributed by atoms with Gasteiger partial charge in [0.15, 0.2) is 0 Å². The Hall–Kier alpha value is -2.67. The number of nitrogens with two attached hydrogens (primary N) is 1. The second-order valence-electron chi connectivity index (χ2n) is 4.59. The van der Waals surface area contributed by atoms with Gasteiger partial charge in [-0.1, -0.05) is 12.1 Å². The Labute approximate surface area is 131 Å². The number of nitrogens with zero attached hydrogens (tertiary/aromatic N) is 1. The van der Waals surface area contributed by atoms with Crippen LogP contribution >= 0.6 is 11.8 Å². The van der Waals surface area contributed by atoms with Crippen molar-refractivity contribution in [2.45, 2.75) is 4.90 Å². The molecule has 0 saturated carbocycles. The molecule has 4 N–H and O–H groups in total. The minimum absolute atomic E-state index is 0.102. The van der Waals surface area contributed by atoms with E-state index in [1.165, 1.54) is 17.8 Å². The van der Waals surface area contributed by atoms with Gasteiger partial charge in [-0.3, -0.25) is 4.79 Å². The van der Waals surface area contributed by atoms with Crippen LogP contribution in [0.4, 0.5) is 5.69 Å². The molecule has 0 fully saturated rings. The van der Waals surface area contributed by atoms with Gasteiger partial charge in [0.25, 0.3) is 5.91 Å². The Kier molecular flexibility index (Phi) is 3.88. The summed E-state index contributed by atoms with van der Waals surface area (Å²) >= 11 is 1.39. The predicted molar refractivity (Wildman–Crippen MR) is 85.2 cm³/mol. The van der Waals surface area contributed by atoms with Crippen LogP contribution in [-0.4, -0.2) is 22.7 Å². The van der Waals surface area contributed by atoms with E-state index in [9.17, 15) is 9.90 Å². The highest BCUT2D eigenvalue weighted by atomic mass is 32.2. The minimum Gasteiger partial charge on any atom is -0.508 e. The first-order valence-corrected chi connectivity index (χ1v) is 7.46. The third kappa shape index (κ3) is 3.15. The van der Waals surface area contributed by atoms with E-state index in [1.54, 1.807) is 36.4 Å². The van der Waals surface area contributed by atoms with Crippen LogP contribution in [0.2, 0.25) is 0 Å². The van der Waals surface area contributed by atoms with Crippen molar-refractivity contribution < 1.29 is 14.6 Å². The second-order valence-corrected chi connectivity index (χ2v) is 5.64. The topological polar surface area (TPSA) is 96.9 Å². The first-order valence-electron chi connectivity index (χ1n) is 6.48. The summed E-state index contributed by atoms with van der Waals surface area (Å²) in [7, 11) is 0. The monoisotopic (exact) mass is 315 g/mol. The summed E-state index contributed by atoms with van der Waals surface area (Å²) in [6, 6.07) is 11.8. The van der Waals surface area contributed by atoms with Gasteiger partial charge in [-0.2, -0.15) is 0 Å². The molecule has 1 amide bonds. The molecule has 1 aliphatic rings. The van der Waals surface area contributed by atoms with E-state index in [-0.39, 0.29) is 11.7 Å².